The molecule has 3 heterocycles. The molecular weight excluding hydrogens is 386 g/mol. The van der Waals surface area contributed by atoms with Gasteiger partial charge >= 0.3 is 11.9 Å². The van der Waals surface area contributed by atoms with Gasteiger partial charge in [0.25, 0.3) is 0 Å². The highest BCUT2D eigenvalue weighted by Gasteiger charge is 2.32. The monoisotopic (exact) mass is 409 g/mol. The third-order valence-corrected chi connectivity index (χ3v) is 5.53. The minimum atomic E-state index is -1.01. The number of carboxylic acids is 2. The van der Waals surface area contributed by atoms with Gasteiger partial charge in [-0.25, -0.2) is 14.8 Å². The van der Waals surface area contributed by atoms with Crippen LogP contribution in [0.1, 0.15) is 28.4 Å². The van der Waals surface area contributed by atoms with E-state index in [1.807, 2.05) is 4.90 Å². The van der Waals surface area contributed by atoms with Crippen molar-refractivity contribution >= 4 is 28.8 Å². The van der Waals surface area contributed by atoms with E-state index in [1.165, 1.54) is 6.07 Å². The van der Waals surface area contributed by atoms with Crippen LogP contribution in [0.2, 0.25) is 0 Å². The van der Waals surface area contributed by atoms with Gasteiger partial charge in [-0.05, 0) is 24.6 Å². The van der Waals surface area contributed by atoms with Crippen LogP contribution >= 0.6 is 0 Å². The average Bonchev–Trinajstić information content (AvgIpc) is 2.90. The summed E-state index contributed by atoms with van der Waals surface area (Å²) in [5.74, 6) is -1.28. The predicted molar refractivity (Wildman–Crippen MR) is 111 cm³/mol. The summed E-state index contributed by atoms with van der Waals surface area (Å²) in [4.78, 5) is 36.3. The Morgan fingerprint density at radius 3 is 2.53 bits per heavy atom. The second-order valence-corrected chi connectivity index (χ2v) is 7.40. The van der Waals surface area contributed by atoms with Crippen molar-refractivity contribution in [3.8, 4) is 0 Å². The van der Waals surface area contributed by atoms with Gasteiger partial charge in [-0.2, -0.15) is 0 Å². The highest BCUT2D eigenvalue weighted by molar-refractivity contribution is 5.96. The van der Waals surface area contributed by atoms with E-state index in [0.29, 0.717) is 36.7 Å². The minimum Gasteiger partial charge on any atom is -0.480 e. The van der Waals surface area contributed by atoms with E-state index in [9.17, 15) is 19.8 Å². The number of rotatable bonds is 5. The summed E-state index contributed by atoms with van der Waals surface area (Å²) >= 11 is 0. The maximum Gasteiger partial charge on any atom is 0.335 e. The quantitative estimate of drug-likeness (QED) is 0.658. The Morgan fingerprint density at radius 1 is 1.07 bits per heavy atom. The number of nitrogens with zero attached hydrogens (tertiary/aromatic N) is 5. The normalized spacial score (nSPS) is 16.4. The molecule has 0 amide bonds. The van der Waals surface area contributed by atoms with Gasteiger partial charge in [0.2, 0.25) is 5.95 Å². The Kier molecular flexibility index (Phi) is 5.37. The maximum absolute atomic E-state index is 12.3. The van der Waals surface area contributed by atoms with Crippen LogP contribution in [0.15, 0.2) is 42.9 Å². The highest BCUT2D eigenvalue weighted by atomic mass is 16.4. The molecule has 1 atom stereocenters. The zero-order valence-electron chi connectivity index (χ0n) is 16.6. The lowest BCUT2D eigenvalue weighted by atomic mass is 10.0. The second kappa shape index (κ2) is 8.11. The van der Waals surface area contributed by atoms with E-state index in [2.05, 4.69) is 14.9 Å². The molecule has 4 rings (SSSR count). The highest BCUT2D eigenvalue weighted by Crippen LogP contribution is 2.31. The molecule has 9 heteroatoms. The van der Waals surface area contributed by atoms with Crippen molar-refractivity contribution in [1.29, 1.82) is 0 Å². The fourth-order valence-electron chi connectivity index (χ4n) is 4.10. The number of hydrogen-bond donors (Lipinski definition) is 2. The predicted octanol–water partition coefficient (Wildman–Crippen LogP) is 2.00. The average molecular weight is 409 g/mol. The molecule has 3 aromatic rings. The minimum absolute atomic E-state index is 0.176. The first-order valence-corrected chi connectivity index (χ1v) is 9.77. The van der Waals surface area contributed by atoms with Crippen molar-refractivity contribution in [2.24, 2.45) is 7.05 Å². The number of aliphatic carboxylic acids is 1. The van der Waals surface area contributed by atoms with Crippen molar-refractivity contribution in [2.75, 3.05) is 31.1 Å². The molecule has 0 aliphatic carbocycles. The molecule has 1 aromatic carbocycles. The zero-order valence-corrected chi connectivity index (χ0v) is 16.6. The van der Waals surface area contributed by atoms with E-state index in [1.54, 1.807) is 48.4 Å². The topological polar surface area (TPSA) is 112 Å². The maximum atomic E-state index is 12.3. The summed E-state index contributed by atoms with van der Waals surface area (Å²) in [6.45, 7) is 2.56. The summed E-state index contributed by atoms with van der Waals surface area (Å²) in [5, 5.41) is 20.1. The van der Waals surface area contributed by atoms with E-state index < -0.39 is 18.0 Å². The molecule has 0 saturated carbocycles. The number of fused-ring (bicyclic) bond motifs is 1. The number of carbonyl (C=O) groups is 2. The number of aryl methyl sites for hydroxylation is 1. The van der Waals surface area contributed by atoms with E-state index in [0.717, 1.165) is 18.4 Å². The molecule has 30 heavy (non-hydrogen) atoms. The Morgan fingerprint density at radius 2 is 1.83 bits per heavy atom. The van der Waals surface area contributed by atoms with Crippen molar-refractivity contribution < 1.29 is 19.8 Å². The molecule has 0 radical (unpaired) electrons. The van der Waals surface area contributed by atoms with Crippen LogP contribution in [-0.4, -0.2) is 67.8 Å². The number of benzene rings is 1. The Hall–Kier alpha value is -3.46. The summed E-state index contributed by atoms with van der Waals surface area (Å²) in [6.07, 6.45) is 5.98. The van der Waals surface area contributed by atoms with Crippen LogP contribution < -0.4 is 4.90 Å². The Bertz CT molecular complexity index is 1080. The number of anilines is 1. The van der Waals surface area contributed by atoms with Gasteiger partial charge in [-0.3, -0.25) is 9.69 Å². The van der Waals surface area contributed by atoms with Crippen molar-refractivity contribution in [2.45, 2.75) is 12.5 Å². The fraction of sp³-hybridized carbons (Fsp3) is 0.333. The molecule has 156 valence electrons. The first kappa shape index (κ1) is 19.8. The van der Waals surface area contributed by atoms with Crippen molar-refractivity contribution in [3.05, 3.63) is 54.0 Å². The van der Waals surface area contributed by atoms with Crippen LogP contribution in [0.3, 0.4) is 0 Å². The van der Waals surface area contributed by atoms with Crippen LogP contribution in [0.25, 0.3) is 10.9 Å². The van der Waals surface area contributed by atoms with Crippen molar-refractivity contribution in [3.63, 3.8) is 0 Å². The molecule has 0 unspecified atom stereocenters. The molecule has 1 saturated heterocycles. The first-order chi connectivity index (χ1) is 14.5. The molecule has 0 spiro atoms. The van der Waals surface area contributed by atoms with E-state index in [-0.39, 0.29) is 5.56 Å². The van der Waals surface area contributed by atoms with Gasteiger partial charge in [-0.15, -0.1) is 0 Å². The zero-order chi connectivity index (χ0) is 21.3. The van der Waals surface area contributed by atoms with E-state index in [4.69, 9.17) is 0 Å². The lowest BCUT2D eigenvalue weighted by Crippen LogP contribution is -2.37. The van der Waals surface area contributed by atoms with Crippen LogP contribution in [0, 0.1) is 0 Å². The molecule has 1 fully saturated rings. The van der Waals surface area contributed by atoms with Gasteiger partial charge in [-0.1, -0.05) is 6.07 Å². The smallest absolute Gasteiger partial charge is 0.335 e. The standard InChI is InChI=1S/C21H23N5O4/c1-24-13-16(15-5-4-14(19(27)28)12-17(15)24)18(20(29)30)25-8-3-9-26(11-10-25)21-22-6-2-7-23-21/h2,4-7,12-13,18H,3,8-11H2,1H3,(H,27,28)(H,29,30)/t18-/m1/s1. The lowest BCUT2D eigenvalue weighted by Gasteiger charge is -2.27. The third kappa shape index (κ3) is 3.71. The molecule has 2 N–H and O–H groups in total. The number of carboxylic acid groups (broad SMARTS) is 2. The molecular formula is C21H23N5O4. The van der Waals surface area contributed by atoms with Crippen LogP contribution in [0.4, 0.5) is 5.95 Å². The summed E-state index contributed by atoms with van der Waals surface area (Å²) < 4.78 is 1.79. The number of hydrogen-bond acceptors (Lipinski definition) is 6. The van der Waals surface area contributed by atoms with Crippen LogP contribution in [-0.2, 0) is 11.8 Å². The molecule has 1 aliphatic heterocycles. The summed E-state index contributed by atoms with van der Waals surface area (Å²) in [5.41, 5.74) is 1.54. The lowest BCUT2D eigenvalue weighted by molar-refractivity contribution is -0.143. The molecule has 0 bridgehead atoms. The first-order valence-electron chi connectivity index (χ1n) is 9.77. The summed E-state index contributed by atoms with van der Waals surface area (Å²) in [7, 11) is 1.80. The fourth-order valence-corrected chi connectivity index (χ4v) is 4.10. The third-order valence-electron chi connectivity index (χ3n) is 5.53. The largest absolute Gasteiger partial charge is 0.480 e. The van der Waals surface area contributed by atoms with Gasteiger partial charge < -0.3 is 19.7 Å². The SMILES string of the molecule is Cn1cc([C@H](C(=O)O)N2CCCN(c3ncccn3)CC2)c2ccc(C(=O)O)cc21. The van der Waals surface area contributed by atoms with Gasteiger partial charge in [0, 0.05) is 68.3 Å². The van der Waals surface area contributed by atoms with Gasteiger partial charge in [0.05, 0.1) is 5.56 Å². The van der Waals surface area contributed by atoms with Gasteiger partial charge in [0.1, 0.15) is 6.04 Å². The van der Waals surface area contributed by atoms with Crippen LogP contribution in [0.5, 0.6) is 0 Å². The summed E-state index contributed by atoms with van der Waals surface area (Å²) in [6, 6.07) is 5.75. The molecule has 2 aromatic heterocycles. The van der Waals surface area contributed by atoms with Gasteiger partial charge in [0.15, 0.2) is 0 Å². The van der Waals surface area contributed by atoms with E-state index >= 15 is 0 Å². The van der Waals surface area contributed by atoms with Crippen molar-refractivity contribution in [1.82, 2.24) is 19.4 Å². The molecule has 9 nitrogen and oxygen atoms in total. The number of aromatic carboxylic acids is 1. The second-order valence-electron chi connectivity index (χ2n) is 7.40. The number of aromatic nitrogens is 3. The Labute approximate surface area is 173 Å². The molecule has 1 aliphatic rings. The Balaban J connectivity index is 1.65.